The lowest BCUT2D eigenvalue weighted by atomic mass is 10.2. The zero-order valence-electron chi connectivity index (χ0n) is 10.9. The first kappa shape index (κ1) is 12.8. The number of nitrogens with zero attached hydrogens (tertiary/aromatic N) is 1. The quantitative estimate of drug-likeness (QED) is 0.761. The predicted molar refractivity (Wildman–Crippen MR) is 83.0 cm³/mol. The van der Waals surface area contributed by atoms with Gasteiger partial charge in [-0.2, -0.15) is 0 Å². The Labute approximate surface area is 122 Å². The van der Waals surface area contributed by atoms with Crippen LogP contribution in [-0.2, 0) is 0 Å². The minimum atomic E-state index is 0.694. The van der Waals surface area contributed by atoms with Gasteiger partial charge in [0.15, 0.2) is 0 Å². The van der Waals surface area contributed by atoms with Crippen LogP contribution in [0, 0.1) is 0 Å². The molecule has 3 aromatic rings. The van der Waals surface area contributed by atoms with E-state index in [9.17, 15) is 0 Å². The number of ether oxygens (including phenoxy) is 1. The summed E-state index contributed by atoms with van der Waals surface area (Å²) in [6, 6.07) is 15.4. The zero-order chi connectivity index (χ0) is 13.9. The van der Waals surface area contributed by atoms with Crippen LogP contribution in [0.2, 0.25) is 5.02 Å². The van der Waals surface area contributed by atoms with Crippen LogP contribution in [-0.4, -0.2) is 12.1 Å². The van der Waals surface area contributed by atoms with Crippen molar-refractivity contribution in [3.05, 3.63) is 59.8 Å². The van der Waals surface area contributed by atoms with Gasteiger partial charge in [0.25, 0.3) is 0 Å². The second-order valence-corrected chi connectivity index (χ2v) is 4.81. The van der Waals surface area contributed by atoms with E-state index in [0.29, 0.717) is 5.02 Å². The number of methoxy groups -OCH3 is 1. The van der Waals surface area contributed by atoms with E-state index in [-0.39, 0.29) is 0 Å². The molecule has 0 spiro atoms. The maximum atomic E-state index is 6.07. The van der Waals surface area contributed by atoms with Crippen LogP contribution in [0.4, 0.5) is 11.4 Å². The maximum absolute atomic E-state index is 6.07. The van der Waals surface area contributed by atoms with Gasteiger partial charge >= 0.3 is 0 Å². The third-order valence-corrected chi connectivity index (χ3v) is 3.29. The Kier molecular flexibility index (Phi) is 3.44. The van der Waals surface area contributed by atoms with Gasteiger partial charge in [-0.3, -0.25) is 4.98 Å². The normalized spacial score (nSPS) is 10.5. The molecule has 0 fully saturated rings. The number of fused-ring (bicyclic) bond motifs is 1. The highest BCUT2D eigenvalue weighted by Gasteiger charge is 2.04. The van der Waals surface area contributed by atoms with Gasteiger partial charge in [-0.15, -0.1) is 0 Å². The first-order chi connectivity index (χ1) is 9.76. The number of hydrogen-bond acceptors (Lipinski definition) is 3. The molecule has 0 saturated heterocycles. The average molecular weight is 285 g/mol. The topological polar surface area (TPSA) is 34.1 Å². The molecule has 1 heterocycles. The molecule has 2 aromatic carbocycles. The van der Waals surface area contributed by atoms with Crippen molar-refractivity contribution in [2.24, 2.45) is 0 Å². The summed E-state index contributed by atoms with van der Waals surface area (Å²) in [6.07, 6.45) is 1.78. The largest absolute Gasteiger partial charge is 0.497 e. The van der Waals surface area contributed by atoms with Gasteiger partial charge in [0.2, 0.25) is 0 Å². The molecular formula is C16H13ClN2O. The molecular weight excluding hydrogens is 272 g/mol. The molecule has 4 heteroatoms. The zero-order valence-corrected chi connectivity index (χ0v) is 11.7. The van der Waals surface area contributed by atoms with Gasteiger partial charge in [0.05, 0.1) is 12.6 Å². The maximum Gasteiger partial charge on any atom is 0.120 e. The van der Waals surface area contributed by atoms with Crippen molar-refractivity contribution in [1.82, 2.24) is 4.98 Å². The number of benzene rings is 2. The minimum absolute atomic E-state index is 0.694. The van der Waals surface area contributed by atoms with Crippen LogP contribution in [0.25, 0.3) is 10.9 Å². The van der Waals surface area contributed by atoms with Crippen LogP contribution in [0.3, 0.4) is 0 Å². The summed E-state index contributed by atoms with van der Waals surface area (Å²) in [4.78, 5) is 4.33. The molecule has 1 aromatic heterocycles. The Hall–Kier alpha value is -2.26. The summed E-state index contributed by atoms with van der Waals surface area (Å²) in [7, 11) is 1.65. The van der Waals surface area contributed by atoms with E-state index in [0.717, 1.165) is 28.0 Å². The molecule has 0 atom stereocenters. The number of pyridine rings is 1. The number of halogens is 1. The van der Waals surface area contributed by atoms with Crippen molar-refractivity contribution in [2.45, 2.75) is 0 Å². The van der Waals surface area contributed by atoms with Gasteiger partial charge in [-0.25, -0.2) is 0 Å². The fourth-order valence-corrected chi connectivity index (χ4v) is 2.26. The molecule has 0 aliphatic carbocycles. The Morgan fingerprint density at radius 1 is 1.10 bits per heavy atom. The molecule has 20 heavy (non-hydrogen) atoms. The van der Waals surface area contributed by atoms with Crippen LogP contribution < -0.4 is 10.1 Å². The second kappa shape index (κ2) is 5.39. The van der Waals surface area contributed by atoms with Crippen molar-refractivity contribution in [2.75, 3.05) is 12.4 Å². The average Bonchev–Trinajstić information content (AvgIpc) is 2.48. The van der Waals surface area contributed by atoms with E-state index < -0.39 is 0 Å². The van der Waals surface area contributed by atoms with Crippen molar-refractivity contribution < 1.29 is 4.74 Å². The Morgan fingerprint density at radius 3 is 2.85 bits per heavy atom. The fourth-order valence-electron chi connectivity index (χ4n) is 2.08. The molecule has 3 nitrogen and oxygen atoms in total. The molecule has 1 N–H and O–H groups in total. The van der Waals surface area contributed by atoms with Crippen molar-refractivity contribution >= 4 is 33.9 Å². The van der Waals surface area contributed by atoms with E-state index in [1.54, 1.807) is 13.3 Å². The first-order valence-corrected chi connectivity index (χ1v) is 6.59. The van der Waals surface area contributed by atoms with E-state index in [2.05, 4.69) is 10.3 Å². The highest BCUT2D eigenvalue weighted by molar-refractivity contribution is 6.31. The van der Waals surface area contributed by atoms with Crippen molar-refractivity contribution in [3.8, 4) is 5.75 Å². The molecule has 0 aliphatic heterocycles. The lowest BCUT2D eigenvalue weighted by Gasteiger charge is -2.10. The smallest absolute Gasteiger partial charge is 0.120 e. The lowest BCUT2D eigenvalue weighted by molar-refractivity contribution is 0.415. The molecule has 0 radical (unpaired) electrons. The molecule has 0 bridgehead atoms. The first-order valence-electron chi connectivity index (χ1n) is 6.21. The van der Waals surface area contributed by atoms with Crippen LogP contribution >= 0.6 is 11.6 Å². The third-order valence-electron chi connectivity index (χ3n) is 3.05. The van der Waals surface area contributed by atoms with Gasteiger partial charge < -0.3 is 10.1 Å². The standard InChI is InChI=1S/C16H13ClN2O/c1-20-13-4-2-3-12(10-13)19-16-7-8-18-15-6-5-11(17)9-14(15)16/h2-10H,1H3,(H,18,19). The van der Waals surface area contributed by atoms with Gasteiger partial charge in [0.1, 0.15) is 5.75 Å². The highest BCUT2D eigenvalue weighted by Crippen LogP contribution is 2.28. The Balaban J connectivity index is 2.03. The SMILES string of the molecule is COc1cccc(Nc2ccnc3ccc(Cl)cc23)c1. The number of anilines is 2. The Morgan fingerprint density at radius 2 is 2.00 bits per heavy atom. The van der Waals surface area contributed by atoms with E-state index in [1.165, 1.54) is 0 Å². The van der Waals surface area contributed by atoms with Crippen molar-refractivity contribution in [3.63, 3.8) is 0 Å². The van der Waals surface area contributed by atoms with Gasteiger partial charge in [-0.1, -0.05) is 17.7 Å². The highest BCUT2D eigenvalue weighted by atomic mass is 35.5. The summed E-state index contributed by atoms with van der Waals surface area (Å²) >= 11 is 6.07. The molecule has 3 rings (SSSR count). The second-order valence-electron chi connectivity index (χ2n) is 4.38. The summed E-state index contributed by atoms with van der Waals surface area (Å²) in [5.41, 5.74) is 2.82. The molecule has 0 aliphatic rings. The predicted octanol–water partition coefficient (Wildman–Crippen LogP) is 4.64. The minimum Gasteiger partial charge on any atom is -0.497 e. The fraction of sp³-hybridized carbons (Fsp3) is 0.0625. The number of hydrogen-bond donors (Lipinski definition) is 1. The summed E-state index contributed by atoms with van der Waals surface area (Å²) in [6.45, 7) is 0. The number of rotatable bonds is 3. The van der Waals surface area contributed by atoms with E-state index >= 15 is 0 Å². The lowest BCUT2D eigenvalue weighted by Crippen LogP contribution is -1.93. The summed E-state index contributed by atoms with van der Waals surface area (Å²) in [5.74, 6) is 0.811. The van der Waals surface area contributed by atoms with Crippen LogP contribution in [0.1, 0.15) is 0 Å². The van der Waals surface area contributed by atoms with Gasteiger partial charge in [-0.05, 0) is 36.4 Å². The van der Waals surface area contributed by atoms with Crippen molar-refractivity contribution in [1.29, 1.82) is 0 Å². The number of aromatic nitrogens is 1. The third kappa shape index (κ3) is 2.53. The molecule has 100 valence electrons. The Bertz CT molecular complexity index is 758. The van der Waals surface area contributed by atoms with Crippen LogP contribution in [0.15, 0.2) is 54.7 Å². The molecule has 0 amide bonds. The summed E-state index contributed by atoms with van der Waals surface area (Å²) < 4.78 is 5.23. The summed E-state index contributed by atoms with van der Waals surface area (Å²) in [5, 5.41) is 5.05. The molecule has 0 unspecified atom stereocenters. The van der Waals surface area contributed by atoms with Gasteiger partial charge in [0, 0.05) is 34.0 Å². The molecule has 0 saturated carbocycles. The van der Waals surface area contributed by atoms with E-state index in [1.807, 2.05) is 48.5 Å². The van der Waals surface area contributed by atoms with E-state index in [4.69, 9.17) is 16.3 Å². The monoisotopic (exact) mass is 284 g/mol. The number of nitrogens with one attached hydrogen (secondary N) is 1. The van der Waals surface area contributed by atoms with Crippen LogP contribution in [0.5, 0.6) is 5.75 Å².